The van der Waals surface area contributed by atoms with E-state index in [-0.39, 0.29) is 12.3 Å². The van der Waals surface area contributed by atoms with Crippen molar-refractivity contribution in [1.29, 1.82) is 0 Å². The Morgan fingerprint density at radius 1 is 1.42 bits per heavy atom. The number of amides is 1. The maximum absolute atomic E-state index is 11.7. The van der Waals surface area contributed by atoms with Crippen LogP contribution in [0.2, 0.25) is 0 Å². The fourth-order valence-corrected chi connectivity index (χ4v) is 2.43. The maximum Gasteiger partial charge on any atom is 0.277 e. The van der Waals surface area contributed by atoms with Crippen LogP contribution < -0.4 is 10.2 Å². The quantitative estimate of drug-likeness (QED) is 0.320. The lowest BCUT2D eigenvalue weighted by Crippen LogP contribution is -2.25. The highest BCUT2D eigenvalue weighted by molar-refractivity contribution is 14.1. The molecule has 0 aliphatic carbocycles. The average molecular weight is 443 g/mol. The van der Waals surface area contributed by atoms with Gasteiger partial charge in [0.2, 0.25) is 0 Å². The number of aryl methyl sites for hydroxylation is 2. The summed E-state index contributed by atoms with van der Waals surface area (Å²) in [5.74, 6) is 0.507. The minimum atomic E-state index is -0.471. The van der Waals surface area contributed by atoms with Crippen molar-refractivity contribution in [3.63, 3.8) is 0 Å². The third-order valence-corrected chi connectivity index (χ3v) is 3.56. The van der Waals surface area contributed by atoms with Gasteiger partial charge < -0.3 is 9.15 Å². The summed E-state index contributed by atoms with van der Waals surface area (Å²) >= 11 is 2.02. The lowest BCUT2D eigenvalue weighted by atomic mass is 10.1. The zero-order valence-corrected chi connectivity index (χ0v) is 15.1. The first-order valence-corrected chi connectivity index (χ1v) is 7.90. The first-order chi connectivity index (χ1) is 11.4. The Kier molecular flexibility index (Phi) is 5.90. The molecule has 2 aromatic rings. The fourth-order valence-electron chi connectivity index (χ4n) is 2.00. The molecular weight excluding hydrogens is 429 g/mol. The summed E-state index contributed by atoms with van der Waals surface area (Å²) in [5, 5.41) is 14.6. The minimum Gasteiger partial charge on any atom is -0.483 e. The van der Waals surface area contributed by atoms with E-state index >= 15 is 0 Å². The van der Waals surface area contributed by atoms with Crippen molar-refractivity contribution in [2.24, 2.45) is 5.10 Å². The third kappa shape index (κ3) is 4.78. The maximum atomic E-state index is 11.7. The van der Waals surface area contributed by atoms with Crippen molar-refractivity contribution in [2.75, 3.05) is 6.61 Å². The molecule has 1 aromatic carbocycles. The number of halogens is 1. The van der Waals surface area contributed by atoms with Gasteiger partial charge in [0, 0.05) is 12.1 Å². The minimum absolute atomic E-state index is 0.0144. The van der Waals surface area contributed by atoms with E-state index < -0.39 is 10.8 Å². The van der Waals surface area contributed by atoms with Crippen molar-refractivity contribution in [3.05, 3.63) is 55.0 Å². The monoisotopic (exact) mass is 443 g/mol. The zero-order valence-electron chi connectivity index (χ0n) is 12.9. The number of hydrogen-bond donors (Lipinski definition) is 1. The number of nitrogens with zero attached hydrogens (tertiary/aromatic N) is 2. The molecule has 0 radical (unpaired) electrons. The molecule has 0 fully saturated rings. The molecule has 0 unspecified atom stereocenters. The van der Waals surface area contributed by atoms with Crippen molar-refractivity contribution < 1.29 is 18.9 Å². The average Bonchev–Trinajstić information content (AvgIpc) is 2.91. The van der Waals surface area contributed by atoms with E-state index in [2.05, 4.69) is 10.5 Å². The Morgan fingerprint density at radius 3 is 2.62 bits per heavy atom. The van der Waals surface area contributed by atoms with Crippen LogP contribution in [0.15, 0.2) is 33.8 Å². The number of carbonyl (C=O) groups is 1. The van der Waals surface area contributed by atoms with Gasteiger partial charge >= 0.3 is 0 Å². The Morgan fingerprint density at radius 2 is 2.08 bits per heavy atom. The summed E-state index contributed by atoms with van der Waals surface area (Å²) in [6.45, 7) is 3.11. The number of hydrazone groups is 1. The second-order valence-corrected chi connectivity index (χ2v) is 5.95. The van der Waals surface area contributed by atoms with E-state index in [0.29, 0.717) is 26.4 Å². The summed E-state index contributed by atoms with van der Waals surface area (Å²) in [6, 6.07) is 6.29. The Balaban J connectivity index is 1.92. The van der Waals surface area contributed by atoms with Crippen LogP contribution in [0.3, 0.4) is 0 Å². The predicted octanol–water partition coefficient (Wildman–Crippen LogP) is 2.94. The number of carbonyl (C=O) groups excluding carboxylic acids is 1. The van der Waals surface area contributed by atoms with Gasteiger partial charge in [-0.1, -0.05) is 0 Å². The zero-order chi connectivity index (χ0) is 17.7. The van der Waals surface area contributed by atoms with Crippen LogP contribution >= 0.6 is 22.6 Å². The second-order valence-electron chi connectivity index (χ2n) is 4.89. The number of rotatable bonds is 6. The number of non-ortho nitro benzene ring substituents is 1. The van der Waals surface area contributed by atoms with Crippen molar-refractivity contribution in [2.45, 2.75) is 13.8 Å². The number of benzene rings is 1. The molecule has 1 heterocycles. The molecule has 0 saturated carbocycles. The van der Waals surface area contributed by atoms with Crippen LogP contribution in [-0.4, -0.2) is 23.7 Å². The number of furan rings is 1. The van der Waals surface area contributed by atoms with Gasteiger partial charge in [0.25, 0.3) is 11.6 Å². The molecule has 0 aliphatic rings. The van der Waals surface area contributed by atoms with Gasteiger partial charge in [-0.3, -0.25) is 14.9 Å². The molecule has 2 rings (SSSR count). The van der Waals surface area contributed by atoms with Gasteiger partial charge in [0.1, 0.15) is 11.5 Å². The molecule has 9 heteroatoms. The number of nitro benzene ring substituents is 1. The molecule has 1 amide bonds. The first-order valence-electron chi connectivity index (χ1n) is 6.82. The molecule has 1 N–H and O–H groups in total. The van der Waals surface area contributed by atoms with Crippen LogP contribution in [0.25, 0.3) is 0 Å². The van der Waals surface area contributed by atoms with E-state index in [1.807, 2.05) is 22.6 Å². The van der Waals surface area contributed by atoms with Crippen molar-refractivity contribution >= 4 is 40.4 Å². The smallest absolute Gasteiger partial charge is 0.277 e. The third-order valence-electron chi connectivity index (χ3n) is 2.98. The number of nitrogens with one attached hydrogen (secondary N) is 1. The summed E-state index contributed by atoms with van der Waals surface area (Å²) in [5.41, 5.74) is 3.47. The van der Waals surface area contributed by atoms with Gasteiger partial charge in [-0.25, -0.2) is 5.43 Å². The highest BCUT2D eigenvalue weighted by Crippen LogP contribution is 2.28. The molecular formula is C15H14IN3O5. The SMILES string of the molecule is Cc1cc([N+](=O)[O-])cc(C)c1OCC(=O)N/N=C/c1ccc(I)o1. The van der Waals surface area contributed by atoms with Crippen LogP contribution in [0.4, 0.5) is 5.69 Å². The lowest BCUT2D eigenvalue weighted by Gasteiger charge is -2.11. The Bertz CT molecular complexity index is 777. The number of ether oxygens (including phenoxy) is 1. The predicted molar refractivity (Wildman–Crippen MR) is 95.2 cm³/mol. The van der Waals surface area contributed by atoms with Gasteiger partial charge in [-0.2, -0.15) is 5.10 Å². The topological polar surface area (TPSA) is 107 Å². The summed E-state index contributed by atoms with van der Waals surface area (Å²) in [4.78, 5) is 22.0. The second kappa shape index (κ2) is 7.90. The largest absolute Gasteiger partial charge is 0.483 e. The summed E-state index contributed by atoms with van der Waals surface area (Å²) in [7, 11) is 0. The van der Waals surface area contributed by atoms with Crippen molar-refractivity contribution in [1.82, 2.24) is 5.43 Å². The van der Waals surface area contributed by atoms with Gasteiger partial charge in [-0.05, 0) is 59.7 Å². The standard InChI is InChI=1S/C15H14IN3O5/c1-9-5-11(19(21)22)6-10(2)15(9)23-8-14(20)18-17-7-12-3-4-13(16)24-12/h3-7H,8H2,1-2H3,(H,18,20)/b17-7+. The molecule has 0 atom stereocenters. The molecule has 8 nitrogen and oxygen atoms in total. The van der Waals surface area contributed by atoms with E-state index in [1.54, 1.807) is 26.0 Å². The first kappa shape index (κ1) is 17.9. The fraction of sp³-hybridized carbons (Fsp3) is 0.200. The molecule has 1 aromatic heterocycles. The molecule has 24 heavy (non-hydrogen) atoms. The number of hydrogen-bond acceptors (Lipinski definition) is 6. The van der Waals surface area contributed by atoms with E-state index in [4.69, 9.17) is 9.15 Å². The van der Waals surface area contributed by atoms with E-state index in [1.165, 1.54) is 18.3 Å². The summed E-state index contributed by atoms with van der Waals surface area (Å²) < 4.78 is 11.4. The van der Waals surface area contributed by atoms with Gasteiger partial charge in [0.15, 0.2) is 10.4 Å². The van der Waals surface area contributed by atoms with E-state index in [0.717, 1.165) is 0 Å². The summed E-state index contributed by atoms with van der Waals surface area (Å²) in [6.07, 6.45) is 1.38. The lowest BCUT2D eigenvalue weighted by molar-refractivity contribution is -0.385. The van der Waals surface area contributed by atoms with Crippen molar-refractivity contribution in [3.8, 4) is 5.75 Å². The van der Waals surface area contributed by atoms with Crippen LogP contribution in [0.1, 0.15) is 16.9 Å². The molecule has 0 saturated heterocycles. The Labute approximate surface area is 151 Å². The Hall–Kier alpha value is -2.43. The normalized spacial score (nSPS) is 10.8. The van der Waals surface area contributed by atoms with Crippen LogP contribution in [0, 0.1) is 27.7 Å². The van der Waals surface area contributed by atoms with Gasteiger partial charge in [-0.15, -0.1) is 0 Å². The number of nitro groups is 1. The molecule has 0 spiro atoms. The molecule has 126 valence electrons. The molecule has 0 bridgehead atoms. The van der Waals surface area contributed by atoms with Crippen LogP contribution in [-0.2, 0) is 4.79 Å². The highest BCUT2D eigenvalue weighted by Gasteiger charge is 2.14. The van der Waals surface area contributed by atoms with E-state index in [9.17, 15) is 14.9 Å². The van der Waals surface area contributed by atoms with Gasteiger partial charge in [0.05, 0.1) is 11.1 Å². The molecule has 0 aliphatic heterocycles. The van der Waals surface area contributed by atoms with Crippen LogP contribution in [0.5, 0.6) is 5.75 Å². The highest BCUT2D eigenvalue weighted by atomic mass is 127.